The van der Waals surface area contributed by atoms with Gasteiger partial charge in [0.05, 0.1) is 33.0 Å². The number of amides is 3. The van der Waals surface area contributed by atoms with Gasteiger partial charge in [-0.05, 0) is 43.4 Å². The van der Waals surface area contributed by atoms with Gasteiger partial charge in [0.1, 0.15) is 11.3 Å². The summed E-state index contributed by atoms with van der Waals surface area (Å²) in [6.45, 7) is 2.08. The Hall–Kier alpha value is -2.12. The van der Waals surface area contributed by atoms with E-state index in [9.17, 15) is 14.7 Å². The second-order valence-electron chi connectivity index (χ2n) is 6.84. The predicted octanol–water partition coefficient (Wildman–Crippen LogP) is 1.29. The lowest BCUT2D eigenvalue weighted by atomic mass is 9.96. The summed E-state index contributed by atoms with van der Waals surface area (Å²) in [7, 11) is 1.60. The lowest BCUT2D eigenvalue weighted by Crippen LogP contribution is -2.46. The third-order valence-corrected chi connectivity index (χ3v) is 4.83. The summed E-state index contributed by atoms with van der Waals surface area (Å²) < 4.78 is 10.6. The number of hydrogen-bond donors (Lipinski definition) is 2. The van der Waals surface area contributed by atoms with Crippen molar-refractivity contribution in [3.05, 3.63) is 29.8 Å². The highest BCUT2D eigenvalue weighted by atomic mass is 16.5. The van der Waals surface area contributed by atoms with Crippen molar-refractivity contribution in [2.24, 2.45) is 5.92 Å². The number of urea groups is 1. The summed E-state index contributed by atoms with van der Waals surface area (Å²) in [5, 5.41) is 12.9. The lowest BCUT2D eigenvalue weighted by molar-refractivity contribution is -0.132. The lowest BCUT2D eigenvalue weighted by Gasteiger charge is -2.22. The summed E-state index contributed by atoms with van der Waals surface area (Å²) >= 11 is 0. The largest absolute Gasteiger partial charge is 0.497 e. The van der Waals surface area contributed by atoms with Crippen LogP contribution in [0.5, 0.6) is 5.75 Å². The first-order valence-electron chi connectivity index (χ1n) is 8.47. The highest BCUT2D eigenvalue weighted by molar-refractivity contribution is 6.07. The molecule has 136 valence electrons. The molecule has 2 atom stereocenters. The number of aliphatic hydroxyl groups is 1. The van der Waals surface area contributed by atoms with E-state index in [1.54, 1.807) is 14.0 Å². The topological polar surface area (TPSA) is 88.1 Å². The molecule has 0 spiro atoms. The Labute approximate surface area is 146 Å². The van der Waals surface area contributed by atoms with Gasteiger partial charge in [-0.1, -0.05) is 12.1 Å². The van der Waals surface area contributed by atoms with Gasteiger partial charge in [0, 0.05) is 0 Å². The zero-order chi connectivity index (χ0) is 18.0. The molecule has 25 heavy (non-hydrogen) atoms. The van der Waals surface area contributed by atoms with Crippen LogP contribution >= 0.6 is 0 Å². The summed E-state index contributed by atoms with van der Waals surface area (Å²) in [5.74, 6) is 0.715. The van der Waals surface area contributed by atoms with Gasteiger partial charge in [-0.3, -0.25) is 9.69 Å². The van der Waals surface area contributed by atoms with Gasteiger partial charge in [-0.2, -0.15) is 0 Å². The van der Waals surface area contributed by atoms with Crippen LogP contribution in [0.15, 0.2) is 24.3 Å². The molecule has 1 aromatic carbocycles. The molecule has 1 heterocycles. The van der Waals surface area contributed by atoms with Crippen molar-refractivity contribution in [2.75, 3.05) is 20.3 Å². The zero-order valence-electron chi connectivity index (χ0n) is 14.5. The van der Waals surface area contributed by atoms with Crippen molar-refractivity contribution in [2.45, 2.75) is 38.0 Å². The fraction of sp³-hybridized carbons (Fsp3) is 0.556. The number of rotatable bonds is 8. The van der Waals surface area contributed by atoms with E-state index in [4.69, 9.17) is 9.47 Å². The van der Waals surface area contributed by atoms with Crippen molar-refractivity contribution in [1.29, 1.82) is 0 Å². The minimum atomic E-state index is -0.922. The van der Waals surface area contributed by atoms with Crippen molar-refractivity contribution >= 4 is 11.9 Å². The molecule has 7 nitrogen and oxygen atoms in total. The molecule has 2 aliphatic rings. The number of nitrogens with one attached hydrogen (secondary N) is 1. The van der Waals surface area contributed by atoms with E-state index in [0.29, 0.717) is 6.61 Å². The van der Waals surface area contributed by atoms with Crippen LogP contribution in [0.25, 0.3) is 0 Å². The molecule has 2 fully saturated rings. The van der Waals surface area contributed by atoms with Gasteiger partial charge in [0.2, 0.25) is 0 Å². The smallest absolute Gasteiger partial charge is 0.325 e. The first-order valence-corrected chi connectivity index (χ1v) is 8.47. The Morgan fingerprint density at radius 1 is 1.32 bits per heavy atom. The van der Waals surface area contributed by atoms with E-state index < -0.39 is 17.7 Å². The highest BCUT2D eigenvalue weighted by Crippen LogP contribution is 2.42. The maximum Gasteiger partial charge on any atom is 0.325 e. The minimum absolute atomic E-state index is 0.0449. The average Bonchev–Trinajstić information content (AvgIpc) is 3.42. The van der Waals surface area contributed by atoms with E-state index in [-0.39, 0.29) is 25.0 Å². The first-order chi connectivity index (χ1) is 11.9. The van der Waals surface area contributed by atoms with Crippen LogP contribution in [0, 0.1) is 5.92 Å². The molecule has 1 aliphatic carbocycles. The molecule has 0 aromatic heterocycles. The second kappa shape index (κ2) is 7.01. The number of aliphatic hydroxyl groups excluding tert-OH is 1. The van der Waals surface area contributed by atoms with Gasteiger partial charge in [-0.15, -0.1) is 0 Å². The highest BCUT2D eigenvalue weighted by Gasteiger charge is 2.56. The molecule has 1 aliphatic heterocycles. The minimum Gasteiger partial charge on any atom is -0.497 e. The fourth-order valence-electron chi connectivity index (χ4n) is 3.12. The Morgan fingerprint density at radius 2 is 2.00 bits per heavy atom. The second-order valence-corrected chi connectivity index (χ2v) is 6.84. The van der Waals surface area contributed by atoms with Crippen molar-refractivity contribution in [1.82, 2.24) is 10.2 Å². The molecule has 0 radical (unpaired) electrons. The maximum absolute atomic E-state index is 12.5. The quantitative estimate of drug-likeness (QED) is 0.691. The average molecular weight is 348 g/mol. The van der Waals surface area contributed by atoms with Crippen LogP contribution < -0.4 is 10.1 Å². The maximum atomic E-state index is 12.5. The van der Waals surface area contributed by atoms with Crippen LogP contribution in [-0.2, 0) is 16.1 Å². The summed E-state index contributed by atoms with van der Waals surface area (Å²) in [5.41, 5.74) is 0.130. The number of nitrogens with zero attached hydrogens (tertiary/aromatic N) is 1. The van der Waals surface area contributed by atoms with Crippen LogP contribution in [0.2, 0.25) is 0 Å². The van der Waals surface area contributed by atoms with Gasteiger partial charge < -0.3 is 19.9 Å². The van der Waals surface area contributed by atoms with E-state index >= 15 is 0 Å². The number of carbonyl (C=O) groups is 2. The van der Waals surface area contributed by atoms with E-state index in [2.05, 4.69) is 5.32 Å². The molecule has 1 aromatic rings. The number of hydrogen-bond acceptors (Lipinski definition) is 5. The number of benzene rings is 1. The van der Waals surface area contributed by atoms with E-state index in [0.717, 1.165) is 29.1 Å². The predicted molar refractivity (Wildman–Crippen MR) is 90.0 cm³/mol. The zero-order valence-corrected chi connectivity index (χ0v) is 14.5. The standard InChI is InChI=1S/C18H24N2O5/c1-18(13-5-6-13)16(22)20(17(23)19-18)9-14(21)11-25-10-12-3-7-15(24-2)8-4-12/h3-4,7-8,13-14,21H,5-6,9-11H2,1-2H3,(H,19,23)/t14-,18-/m0/s1. The molecular weight excluding hydrogens is 324 g/mol. The molecule has 7 heteroatoms. The number of methoxy groups -OCH3 is 1. The summed E-state index contributed by atoms with van der Waals surface area (Å²) in [6.07, 6.45) is 0.975. The fourth-order valence-corrected chi connectivity index (χ4v) is 3.12. The normalized spacial score (nSPS) is 24.4. The van der Waals surface area contributed by atoms with Crippen LogP contribution in [0.4, 0.5) is 4.79 Å². The van der Waals surface area contributed by atoms with Gasteiger partial charge in [0.15, 0.2) is 0 Å². The van der Waals surface area contributed by atoms with E-state index in [1.165, 1.54) is 0 Å². The molecule has 2 N–H and O–H groups in total. The molecule has 0 unspecified atom stereocenters. The van der Waals surface area contributed by atoms with Gasteiger partial charge >= 0.3 is 6.03 Å². The van der Waals surface area contributed by atoms with Crippen LogP contribution in [0.1, 0.15) is 25.3 Å². The van der Waals surface area contributed by atoms with Gasteiger partial charge in [0.25, 0.3) is 5.91 Å². The monoisotopic (exact) mass is 348 g/mol. The molecular formula is C18H24N2O5. The van der Waals surface area contributed by atoms with E-state index in [1.807, 2.05) is 24.3 Å². The molecule has 3 rings (SSSR count). The van der Waals surface area contributed by atoms with Crippen LogP contribution in [-0.4, -0.2) is 53.8 Å². The van der Waals surface area contributed by atoms with Crippen LogP contribution in [0.3, 0.4) is 0 Å². The summed E-state index contributed by atoms with van der Waals surface area (Å²) in [4.78, 5) is 25.6. The molecule has 3 amide bonds. The number of ether oxygens (including phenoxy) is 2. The van der Waals surface area contributed by atoms with Gasteiger partial charge in [-0.25, -0.2) is 4.79 Å². The SMILES string of the molecule is COc1ccc(COC[C@@H](O)CN2C(=O)N[C@@](C)(C3CC3)C2=O)cc1. The summed E-state index contributed by atoms with van der Waals surface area (Å²) in [6, 6.07) is 6.99. The number of imide groups is 1. The molecule has 0 bridgehead atoms. The van der Waals surface area contributed by atoms with Crippen molar-refractivity contribution in [3.63, 3.8) is 0 Å². The molecule has 1 saturated heterocycles. The Kier molecular flexibility index (Phi) is 4.96. The Balaban J connectivity index is 1.46. The Morgan fingerprint density at radius 3 is 2.60 bits per heavy atom. The third kappa shape index (κ3) is 3.77. The van der Waals surface area contributed by atoms with Crippen molar-refractivity contribution in [3.8, 4) is 5.75 Å². The number of carbonyl (C=O) groups excluding carboxylic acids is 2. The van der Waals surface area contributed by atoms with Crippen molar-refractivity contribution < 1.29 is 24.2 Å². The first kappa shape index (κ1) is 17.7. The Bertz CT molecular complexity index is 643. The third-order valence-electron chi connectivity index (χ3n) is 4.83. The molecule has 1 saturated carbocycles. The number of β-amino-alcohol motifs (C(OH)–C–C–N with tert-alkyl or cyclic N) is 1.